The standard InChI is InChI=1S/C21H32N2O3/c1-14(2)19(23-20(24)16-11-9-15(3)10-12-16)21(25)22-13-17-7-5-6-8-18(17)26-4/h5-8,14-16,19H,9-13H2,1-4H3,(H,22,25)(H,23,24)/t15?,16?,19-/m1/s1. The number of hydrogen-bond donors (Lipinski definition) is 2. The number of carbonyl (C=O) groups is 2. The van der Waals surface area contributed by atoms with Crippen LogP contribution in [0.1, 0.15) is 52.0 Å². The van der Waals surface area contributed by atoms with Gasteiger partial charge in [-0.15, -0.1) is 0 Å². The summed E-state index contributed by atoms with van der Waals surface area (Å²) in [5.41, 5.74) is 0.915. The average Bonchev–Trinajstić information content (AvgIpc) is 2.64. The molecular formula is C21H32N2O3. The normalized spacial score (nSPS) is 21.1. The summed E-state index contributed by atoms with van der Waals surface area (Å²) in [5, 5.41) is 5.92. The Morgan fingerprint density at radius 3 is 2.42 bits per heavy atom. The number of carbonyl (C=O) groups excluding carboxylic acids is 2. The Balaban J connectivity index is 1.93. The van der Waals surface area contributed by atoms with Crippen LogP contribution in [0, 0.1) is 17.8 Å². The molecule has 2 N–H and O–H groups in total. The summed E-state index contributed by atoms with van der Waals surface area (Å²) in [7, 11) is 1.61. The van der Waals surface area contributed by atoms with Crippen molar-refractivity contribution in [2.75, 3.05) is 7.11 Å². The van der Waals surface area contributed by atoms with Gasteiger partial charge >= 0.3 is 0 Å². The number of methoxy groups -OCH3 is 1. The molecule has 0 heterocycles. The molecule has 144 valence electrons. The molecule has 1 aliphatic rings. The number of ether oxygens (including phenoxy) is 1. The highest BCUT2D eigenvalue weighted by Gasteiger charge is 2.29. The summed E-state index contributed by atoms with van der Waals surface area (Å²) < 4.78 is 5.32. The number of rotatable bonds is 7. The van der Waals surface area contributed by atoms with Gasteiger partial charge in [0.05, 0.1) is 7.11 Å². The molecule has 1 aromatic carbocycles. The van der Waals surface area contributed by atoms with E-state index in [0.29, 0.717) is 12.5 Å². The molecule has 0 radical (unpaired) electrons. The highest BCUT2D eigenvalue weighted by atomic mass is 16.5. The van der Waals surface area contributed by atoms with Crippen LogP contribution in [0.5, 0.6) is 5.75 Å². The fourth-order valence-electron chi connectivity index (χ4n) is 3.47. The van der Waals surface area contributed by atoms with Gasteiger partial charge in [0, 0.05) is 18.0 Å². The maximum atomic E-state index is 12.7. The van der Waals surface area contributed by atoms with Gasteiger partial charge in [-0.3, -0.25) is 9.59 Å². The van der Waals surface area contributed by atoms with Crippen molar-refractivity contribution >= 4 is 11.8 Å². The van der Waals surface area contributed by atoms with Crippen molar-refractivity contribution in [3.05, 3.63) is 29.8 Å². The van der Waals surface area contributed by atoms with Crippen LogP contribution in [-0.2, 0) is 16.1 Å². The van der Waals surface area contributed by atoms with E-state index < -0.39 is 6.04 Å². The second-order valence-electron chi connectivity index (χ2n) is 7.72. The quantitative estimate of drug-likeness (QED) is 0.784. The smallest absolute Gasteiger partial charge is 0.243 e. The fraction of sp³-hybridized carbons (Fsp3) is 0.619. The second kappa shape index (κ2) is 9.60. The van der Waals surface area contributed by atoms with E-state index >= 15 is 0 Å². The van der Waals surface area contributed by atoms with Crippen LogP contribution in [0.3, 0.4) is 0 Å². The zero-order valence-corrected chi connectivity index (χ0v) is 16.4. The lowest BCUT2D eigenvalue weighted by molar-refractivity contribution is -0.132. The van der Waals surface area contributed by atoms with Crippen LogP contribution < -0.4 is 15.4 Å². The van der Waals surface area contributed by atoms with E-state index in [4.69, 9.17) is 4.74 Å². The molecule has 1 aromatic rings. The zero-order valence-electron chi connectivity index (χ0n) is 16.4. The van der Waals surface area contributed by atoms with E-state index in [0.717, 1.165) is 37.0 Å². The highest BCUT2D eigenvalue weighted by molar-refractivity contribution is 5.88. The molecule has 2 amide bonds. The first-order valence-electron chi connectivity index (χ1n) is 9.62. The predicted molar refractivity (Wildman–Crippen MR) is 103 cm³/mol. The van der Waals surface area contributed by atoms with Gasteiger partial charge in [0.1, 0.15) is 11.8 Å². The Morgan fingerprint density at radius 2 is 1.81 bits per heavy atom. The minimum Gasteiger partial charge on any atom is -0.496 e. The Kier molecular flexibility index (Phi) is 7.49. The maximum Gasteiger partial charge on any atom is 0.243 e. The third-order valence-electron chi connectivity index (χ3n) is 5.28. The summed E-state index contributed by atoms with van der Waals surface area (Å²) in [4.78, 5) is 25.2. The molecule has 2 rings (SSSR count). The first kappa shape index (κ1) is 20.3. The van der Waals surface area contributed by atoms with Crippen molar-refractivity contribution in [1.82, 2.24) is 10.6 Å². The molecule has 0 spiro atoms. The van der Waals surface area contributed by atoms with Crippen LogP contribution in [-0.4, -0.2) is 25.0 Å². The Hall–Kier alpha value is -2.04. The maximum absolute atomic E-state index is 12.7. The number of amides is 2. The van der Waals surface area contributed by atoms with Gasteiger partial charge in [-0.05, 0) is 43.6 Å². The number of nitrogens with one attached hydrogen (secondary N) is 2. The monoisotopic (exact) mass is 360 g/mol. The first-order valence-corrected chi connectivity index (χ1v) is 9.62. The predicted octanol–water partition coefficient (Wildman–Crippen LogP) is 3.28. The van der Waals surface area contributed by atoms with Gasteiger partial charge < -0.3 is 15.4 Å². The van der Waals surface area contributed by atoms with E-state index in [1.54, 1.807) is 7.11 Å². The number of para-hydroxylation sites is 1. The largest absolute Gasteiger partial charge is 0.496 e. The Labute approximate surface area is 156 Å². The Morgan fingerprint density at radius 1 is 1.15 bits per heavy atom. The molecule has 26 heavy (non-hydrogen) atoms. The van der Waals surface area contributed by atoms with Crippen LogP contribution in [0.15, 0.2) is 24.3 Å². The SMILES string of the molecule is COc1ccccc1CNC(=O)[C@H](NC(=O)C1CCC(C)CC1)C(C)C. The topological polar surface area (TPSA) is 67.4 Å². The van der Waals surface area contributed by atoms with Gasteiger partial charge in [0.25, 0.3) is 0 Å². The van der Waals surface area contributed by atoms with Crippen molar-refractivity contribution in [2.24, 2.45) is 17.8 Å². The second-order valence-corrected chi connectivity index (χ2v) is 7.72. The van der Waals surface area contributed by atoms with Gasteiger partial charge in [-0.2, -0.15) is 0 Å². The fourth-order valence-corrected chi connectivity index (χ4v) is 3.47. The third-order valence-corrected chi connectivity index (χ3v) is 5.28. The minimum atomic E-state index is -0.517. The molecule has 0 bridgehead atoms. The van der Waals surface area contributed by atoms with Crippen LogP contribution in [0.4, 0.5) is 0 Å². The number of benzene rings is 1. The van der Waals surface area contributed by atoms with E-state index in [-0.39, 0.29) is 23.7 Å². The molecule has 1 fully saturated rings. The molecule has 5 nitrogen and oxygen atoms in total. The van der Waals surface area contributed by atoms with Gasteiger partial charge in [-0.25, -0.2) is 0 Å². The van der Waals surface area contributed by atoms with Crippen LogP contribution in [0.2, 0.25) is 0 Å². The molecule has 0 aliphatic heterocycles. The lowest BCUT2D eigenvalue weighted by atomic mass is 9.82. The molecule has 1 saturated carbocycles. The van der Waals surface area contributed by atoms with Gasteiger partial charge in [0.2, 0.25) is 11.8 Å². The molecular weight excluding hydrogens is 328 g/mol. The molecule has 5 heteroatoms. The first-order chi connectivity index (χ1) is 12.4. The summed E-state index contributed by atoms with van der Waals surface area (Å²) in [6, 6.07) is 7.08. The van der Waals surface area contributed by atoms with E-state index in [2.05, 4.69) is 17.6 Å². The summed E-state index contributed by atoms with van der Waals surface area (Å²) in [6.45, 7) is 6.52. The summed E-state index contributed by atoms with van der Waals surface area (Å²) in [6.07, 6.45) is 4.01. The van der Waals surface area contributed by atoms with Crippen molar-refractivity contribution in [1.29, 1.82) is 0 Å². The Bertz CT molecular complexity index is 607. The third kappa shape index (κ3) is 5.48. The van der Waals surface area contributed by atoms with E-state index in [1.807, 2.05) is 38.1 Å². The molecule has 1 aliphatic carbocycles. The lowest BCUT2D eigenvalue weighted by Gasteiger charge is -2.28. The average molecular weight is 360 g/mol. The molecule has 0 unspecified atom stereocenters. The van der Waals surface area contributed by atoms with Gasteiger partial charge in [-0.1, -0.05) is 39.0 Å². The summed E-state index contributed by atoms with van der Waals surface area (Å²) >= 11 is 0. The number of hydrogen-bond acceptors (Lipinski definition) is 3. The van der Waals surface area contributed by atoms with Crippen molar-refractivity contribution in [3.8, 4) is 5.75 Å². The van der Waals surface area contributed by atoms with Crippen molar-refractivity contribution < 1.29 is 14.3 Å². The van der Waals surface area contributed by atoms with Crippen molar-refractivity contribution in [3.63, 3.8) is 0 Å². The minimum absolute atomic E-state index is 0.0167. The molecule has 0 aromatic heterocycles. The molecule has 0 saturated heterocycles. The van der Waals surface area contributed by atoms with E-state index in [1.165, 1.54) is 0 Å². The van der Waals surface area contributed by atoms with Crippen molar-refractivity contribution in [2.45, 2.75) is 59.0 Å². The van der Waals surface area contributed by atoms with E-state index in [9.17, 15) is 9.59 Å². The van der Waals surface area contributed by atoms with Crippen LogP contribution >= 0.6 is 0 Å². The van der Waals surface area contributed by atoms with Gasteiger partial charge in [0.15, 0.2) is 0 Å². The molecule has 1 atom stereocenters. The zero-order chi connectivity index (χ0) is 19.1. The lowest BCUT2D eigenvalue weighted by Crippen LogP contribution is -2.51. The highest BCUT2D eigenvalue weighted by Crippen LogP contribution is 2.28. The summed E-state index contributed by atoms with van der Waals surface area (Å²) in [5.74, 6) is 1.37. The van der Waals surface area contributed by atoms with Crippen LogP contribution in [0.25, 0.3) is 0 Å².